The van der Waals surface area contributed by atoms with Crippen LogP contribution < -0.4 is 5.32 Å². The molecule has 1 N–H and O–H groups in total. The first-order chi connectivity index (χ1) is 4.81. The van der Waals surface area contributed by atoms with E-state index < -0.39 is 0 Å². The zero-order valence-electron chi connectivity index (χ0n) is 5.89. The molecule has 0 spiro atoms. The minimum atomic E-state index is -0.0229. The predicted molar refractivity (Wildman–Crippen MR) is 41.0 cm³/mol. The second-order valence-electron chi connectivity index (χ2n) is 1.83. The van der Waals surface area contributed by atoms with E-state index in [1.165, 1.54) is 6.20 Å². The summed E-state index contributed by atoms with van der Waals surface area (Å²) in [6.07, 6.45) is 8.25. The molecule has 0 heterocycles. The highest BCUT2D eigenvalue weighted by Gasteiger charge is 1.94. The second-order valence-corrected chi connectivity index (χ2v) is 1.83. The van der Waals surface area contributed by atoms with Crippen molar-refractivity contribution in [3.8, 4) is 12.3 Å². The Bertz CT molecular complexity index is 155. The van der Waals surface area contributed by atoms with Crippen molar-refractivity contribution in [2.75, 3.05) is 0 Å². The number of carbonyl (C=O) groups excluding carboxylic acids is 1. The van der Waals surface area contributed by atoms with Crippen LogP contribution in [-0.4, -0.2) is 5.91 Å². The van der Waals surface area contributed by atoms with Gasteiger partial charge in [-0.05, 0) is 12.6 Å². The number of terminal acetylenes is 1. The van der Waals surface area contributed by atoms with E-state index in [9.17, 15) is 4.79 Å². The summed E-state index contributed by atoms with van der Waals surface area (Å²) in [6.45, 7) is 3.36. The van der Waals surface area contributed by atoms with Gasteiger partial charge in [-0.1, -0.05) is 6.58 Å². The lowest BCUT2D eigenvalue weighted by Gasteiger charge is -1.95. The molecule has 0 saturated carbocycles. The zero-order valence-corrected chi connectivity index (χ0v) is 5.89. The first-order valence-electron chi connectivity index (χ1n) is 3.15. The van der Waals surface area contributed by atoms with Gasteiger partial charge in [-0.25, -0.2) is 0 Å². The Morgan fingerprint density at radius 2 is 2.50 bits per heavy atom. The van der Waals surface area contributed by atoms with Gasteiger partial charge >= 0.3 is 0 Å². The Morgan fingerprint density at radius 1 is 1.80 bits per heavy atom. The van der Waals surface area contributed by atoms with Gasteiger partial charge in [0.15, 0.2) is 0 Å². The van der Waals surface area contributed by atoms with Crippen LogP contribution in [0.15, 0.2) is 12.8 Å². The molecule has 0 aliphatic heterocycles. The van der Waals surface area contributed by atoms with Crippen molar-refractivity contribution in [1.82, 2.24) is 5.32 Å². The lowest BCUT2D eigenvalue weighted by atomic mass is 10.2. The number of hydrogen-bond acceptors (Lipinski definition) is 1. The lowest BCUT2D eigenvalue weighted by Crippen LogP contribution is -2.15. The molecule has 0 fully saturated rings. The number of rotatable bonds is 4. The van der Waals surface area contributed by atoms with Crippen LogP contribution in [0.5, 0.6) is 0 Å². The maximum atomic E-state index is 10.7. The van der Waals surface area contributed by atoms with E-state index in [1.54, 1.807) is 0 Å². The number of hydrogen-bond donors (Lipinski definition) is 1. The Labute approximate surface area is 61.3 Å². The molecule has 0 aliphatic carbocycles. The third-order valence-corrected chi connectivity index (χ3v) is 0.988. The Kier molecular flexibility index (Phi) is 5.17. The molecule has 2 nitrogen and oxygen atoms in total. The van der Waals surface area contributed by atoms with Crippen LogP contribution in [0.3, 0.4) is 0 Å². The summed E-state index contributed by atoms with van der Waals surface area (Å²) in [5.41, 5.74) is 0. The van der Waals surface area contributed by atoms with Gasteiger partial charge in [0.25, 0.3) is 0 Å². The van der Waals surface area contributed by atoms with Crippen molar-refractivity contribution in [3.63, 3.8) is 0 Å². The van der Waals surface area contributed by atoms with Gasteiger partial charge in [-0.3, -0.25) is 4.79 Å². The van der Waals surface area contributed by atoms with Crippen LogP contribution >= 0.6 is 0 Å². The third kappa shape index (κ3) is 4.92. The summed E-state index contributed by atoms with van der Waals surface area (Å²) in [4.78, 5) is 10.7. The van der Waals surface area contributed by atoms with Gasteiger partial charge in [0.05, 0.1) is 0 Å². The fourth-order valence-electron chi connectivity index (χ4n) is 0.537. The molecule has 0 radical (unpaired) electrons. The van der Waals surface area contributed by atoms with Crippen molar-refractivity contribution < 1.29 is 4.79 Å². The van der Waals surface area contributed by atoms with Crippen LogP contribution in [0.1, 0.15) is 19.3 Å². The Hall–Kier alpha value is -1.23. The summed E-state index contributed by atoms with van der Waals surface area (Å²) in [7, 11) is 0. The average molecular weight is 137 g/mol. The van der Waals surface area contributed by atoms with Gasteiger partial charge < -0.3 is 5.32 Å². The average Bonchev–Trinajstić information content (AvgIpc) is 1.89. The summed E-state index contributed by atoms with van der Waals surface area (Å²) >= 11 is 0. The monoisotopic (exact) mass is 137 g/mol. The molecule has 0 atom stereocenters. The van der Waals surface area contributed by atoms with Crippen LogP contribution in [0.25, 0.3) is 0 Å². The standard InChI is InChI=1S/C8H11NO/c1-3-5-6-7-8(10)9-4-2/h1,4H,2,5-7H2,(H,9,10). The fourth-order valence-corrected chi connectivity index (χ4v) is 0.537. The van der Waals surface area contributed by atoms with E-state index in [1.807, 2.05) is 0 Å². The maximum absolute atomic E-state index is 10.7. The molecular formula is C8H11NO. The van der Waals surface area contributed by atoms with E-state index in [-0.39, 0.29) is 5.91 Å². The molecule has 0 unspecified atom stereocenters. The first kappa shape index (κ1) is 8.77. The molecule has 0 saturated heterocycles. The molecule has 10 heavy (non-hydrogen) atoms. The first-order valence-corrected chi connectivity index (χ1v) is 3.15. The summed E-state index contributed by atoms with van der Waals surface area (Å²) in [5.74, 6) is 2.44. The quantitative estimate of drug-likeness (QED) is 0.455. The van der Waals surface area contributed by atoms with Crippen molar-refractivity contribution >= 4 is 5.91 Å². The van der Waals surface area contributed by atoms with Crippen LogP contribution in [0.2, 0.25) is 0 Å². The summed E-state index contributed by atoms with van der Waals surface area (Å²) < 4.78 is 0. The van der Waals surface area contributed by atoms with Crippen LogP contribution in [0.4, 0.5) is 0 Å². The number of unbranched alkanes of at least 4 members (excludes halogenated alkanes) is 1. The topological polar surface area (TPSA) is 29.1 Å². The third-order valence-electron chi connectivity index (χ3n) is 0.988. The fraction of sp³-hybridized carbons (Fsp3) is 0.375. The van der Waals surface area contributed by atoms with Gasteiger partial charge in [-0.15, -0.1) is 12.3 Å². The molecule has 2 heteroatoms. The van der Waals surface area contributed by atoms with Crippen LogP contribution in [-0.2, 0) is 4.79 Å². The highest BCUT2D eigenvalue weighted by molar-refractivity contribution is 5.76. The second kappa shape index (κ2) is 5.90. The maximum Gasteiger partial charge on any atom is 0.223 e. The normalized spacial score (nSPS) is 7.90. The molecule has 0 rings (SSSR count). The molecule has 0 aromatic rings. The van der Waals surface area contributed by atoms with E-state index in [0.717, 1.165) is 6.42 Å². The summed E-state index contributed by atoms with van der Waals surface area (Å²) in [6, 6.07) is 0. The largest absolute Gasteiger partial charge is 0.333 e. The smallest absolute Gasteiger partial charge is 0.223 e. The Balaban J connectivity index is 3.23. The highest BCUT2D eigenvalue weighted by atomic mass is 16.1. The van der Waals surface area contributed by atoms with Gasteiger partial charge in [0, 0.05) is 12.8 Å². The van der Waals surface area contributed by atoms with Crippen molar-refractivity contribution in [2.45, 2.75) is 19.3 Å². The SMILES string of the molecule is C#CCCCC(=O)NC=C. The lowest BCUT2D eigenvalue weighted by molar-refractivity contribution is -0.120. The van der Waals surface area contributed by atoms with Crippen molar-refractivity contribution in [1.29, 1.82) is 0 Å². The van der Waals surface area contributed by atoms with E-state index in [2.05, 4.69) is 17.8 Å². The van der Waals surface area contributed by atoms with Gasteiger partial charge in [0.1, 0.15) is 0 Å². The number of carbonyl (C=O) groups is 1. The summed E-state index contributed by atoms with van der Waals surface area (Å²) in [5, 5.41) is 2.46. The van der Waals surface area contributed by atoms with Crippen LogP contribution in [0, 0.1) is 12.3 Å². The molecular weight excluding hydrogens is 126 g/mol. The molecule has 0 aromatic heterocycles. The predicted octanol–water partition coefficient (Wildman–Crippen LogP) is 1.05. The van der Waals surface area contributed by atoms with Crippen molar-refractivity contribution in [3.05, 3.63) is 12.8 Å². The molecule has 1 amide bonds. The Morgan fingerprint density at radius 3 is 3.00 bits per heavy atom. The van der Waals surface area contributed by atoms with Gasteiger partial charge in [-0.2, -0.15) is 0 Å². The van der Waals surface area contributed by atoms with E-state index in [4.69, 9.17) is 6.42 Å². The molecule has 0 aliphatic rings. The molecule has 0 bridgehead atoms. The number of amides is 1. The number of nitrogens with one attached hydrogen (secondary N) is 1. The zero-order chi connectivity index (χ0) is 7.82. The van der Waals surface area contributed by atoms with Gasteiger partial charge in [0.2, 0.25) is 5.91 Å². The molecule has 54 valence electrons. The van der Waals surface area contributed by atoms with E-state index in [0.29, 0.717) is 12.8 Å². The minimum absolute atomic E-state index is 0.0229. The minimum Gasteiger partial charge on any atom is -0.333 e. The molecule has 0 aromatic carbocycles. The highest BCUT2D eigenvalue weighted by Crippen LogP contribution is 1.92. The van der Waals surface area contributed by atoms with Crippen molar-refractivity contribution in [2.24, 2.45) is 0 Å². The van der Waals surface area contributed by atoms with E-state index >= 15 is 0 Å².